The molecule has 1 aromatic rings. The number of nitrogens with two attached hydrogens (primary N) is 3. The largest absolute Gasteiger partial charge is 0.370 e. The zero-order valence-electron chi connectivity index (χ0n) is 12.0. The van der Waals surface area contributed by atoms with E-state index in [0.29, 0.717) is 5.69 Å². The molecule has 0 atom stereocenters. The third-order valence-corrected chi connectivity index (χ3v) is 3.28. The van der Waals surface area contributed by atoms with Gasteiger partial charge in [0.15, 0.2) is 11.8 Å². The highest BCUT2D eigenvalue weighted by molar-refractivity contribution is 5.94. The highest BCUT2D eigenvalue weighted by Crippen LogP contribution is 2.32. The van der Waals surface area contributed by atoms with E-state index in [4.69, 9.17) is 17.2 Å². The number of para-hydroxylation sites is 1. The molecule has 21 heavy (non-hydrogen) atoms. The fourth-order valence-electron chi connectivity index (χ4n) is 2.19. The third-order valence-electron chi connectivity index (χ3n) is 3.28. The maximum Gasteiger partial charge on any atom is 0.223 e. The number of benzene rings is 1. The van der Waals surface area contributed by atoms with Crippen LogP contribution in [-0.2, 0) is 0 Å². The molecule has 0 radical (unpaired) electrons. The molecule has 1 saturated heterocycles. The Kier molecular flexibility index (Phi) is 4.59. The Morgan fingerprint density at radius 2 is 1.81 bits per heavy atom. The van der Waals surface area contributed by atoms with Crippen LogP contribution < -0.4 is 22.1 Å². The highest BCUT2D eigenvalue weighted by Gasteiger charge is 2.19. The molecule has 0 spiro atoms. The molecule has 1 aliphatic heterocycles. The first-order valence-corrected chi connectivity index (χ1v) is 6.63. The molecule has 1 fully saturated rings. The van der Waals surface area contributed by atoms with Crippen LogP contribution in [0.1, 0.15) is 0 Å². The van der Waals surface area contributed by atoms with E-state index in [2.05, 4.69) is 26.8 Å². The van der Waals surface area contributed by atoms with Gasteiger partial charge in [-0.05, 0) is 19.2 Å². The Morgan fingerprint density at radius 3 is 2.43 bits per heavy atom. The maximum atomic E-state index is 14.1. The van der Waals surface area contributed by atoms with E-state index >= 15 is 0 Å². The normalized spacial score (nSPS) is 16.9. The third kappa shape index (κ3) is 3.82. The molecule has 1 aliphatic rings. The minimum atomic E-state index is -0.458. The summed E-state index contributed by atoms with van der Waals surface area (Å²) in [6, 6.07) is 4.80. The zero-order chi connectivity index (χ0) is 15.4. The zero-order valence-corrected chi connectivity index (χ0v) is 12.0. The van der Waals surface area contributed by atoms with Gasteiger partial charge in [0.2, 0.25) is 5.96 Å². The number of rotatable bonds is 2. The molecule has 6 N–H and O–H groups in total. The van der Waals surface area contributed by atoms with Crippen molar-refractivity contribution in [1.82, 2.24) is 4.90 Å². The number of likely N-dealkylation sites (N-methyl/N-ethyl adjacent to an activating group) is 1. The second-order valence-corrected chi connectivity index (χ2v) is 4.90. The summed E-state index contributed by atoms with van der Waals surface area (Å²) < 4.78 is 14.1. The molecule has 114 valence electrons. The summed E-state index contributed by atoms with van der Waals surface area (Å²) in [6.45, 7) is 3.40. The Bertz CT molecular complexity index is 558. The summed E-state index contributed by atoms with van der Waals surface area (Å²) in [6.07, 6.45) is 0. The number of hydrogen-bond acceptors (Lipinski definition) is 3. The summed E-state index contributed by atoms with van der Waals surface area (Å²) in [7, 11) is 2.05. The molecular weight excluding hydrogens is 273 g/mol. The molecule has 0 aromatic heterocycles. The van der Waals surface area contributed by atoms with Crippen LogP contribution in [0.15, 0.2) is 28.2 Å². The number of piperazine rings is 1. The van der Waals surface area contributed by atoms with E-state index in [0.717, 1.165) is 26.2 Å². The predicted molar refractivity (Wildman–Crippen MR) is 83.2 cm³/mol. The standard InChI is InChI=1S/C13H20FN7/c1-20-5-7-21(8-6-20)10-4-2-3-9(14)11(10)18-13(17)19-12(15)16/h2-4H,5-8H2,1H3,(H6,15,16,17,18,19). The van der Waals surface area contributed by atoms with Gasteiger partial charge in [-0.1, -0.05) is 6.07 Å². The number of halogens is 1. The average molecular weight is 293 g/mol. The minimum absolute atomic E-state index is 0.157. The van der Waals surface area contributed by atoms with Crippen LogP contribution in [-0.4, -0.2) is 50.0 Å². The molecule has 0 saturated carbocycles. The van der Waals surface area contributed by atoms with Crippen molar-refractivity contribution in [2.75, 3.05) is 38.1 Å². The number of hydrogen-bond donors (Lipinski definition) is 3. The smallest absolute Gasteiger partial charge is 0.223 e. The molecule has 0 aliphatic carbocycles. The average Bonchev–Trinajstić information content (AvgIpc) is 2.41. The number of anilines is 1. The van der Waals surface area contributed by atoms with E-state index in [1.807, 2.05) is 6.07 Å². The van der Waals surface area contributed by atoms with Crippen LogP contribution in [0.2, 0.25) is 0 Å². The summed E-state index contributed by atoms with van der Waals surface area (Å²) in [5.41, 5.74) is 16.9. The van der Waals surface area contributed by atoms with Crippen molar-refractivity contribution in [1.29, 1.82) is 0 Å². The molecule has 0 unspecified atom stereocenters. The molecular formula is C13H20FN7. The number of aliphatic imine (C=N–C) groups is 2. The summed E-state index contributed by atoms with van der Waals surface area (Å²) >= 11 is 0. The first-order valence-electron chi connectivity index (χ1n) is 6.63. The fourth-order valence-corrected chi connectivity index (χ4v) is 2.19. The maximum absolute atomic E-state index is 14.1. The molecule has 1 aromatic carbocycles. The van der Waals surface area contributed by atoms with Gasteiger partial charge < -0.3 is 27.0 Å². The van der Waals surface area contributed by atoms with Gasteiger partial charge in [0.25, 0.3) is 0 Å². The SMILES string of the molecule is CN1CCN(c2cccc(F)c2N=C(N)N=C(N)N)CC1. The Balaban J connectivity index is 2.34. The van der Waals surface area contributed by atoms with Crippen LogP contribution in [0.5, 0.6) is 0 Å². The predicted octanol–water partition coefficient (Wildman–Crippen LogP) is -0.203. The van der Waals surface area contributed by atoms with E-state index in [-0.39, 0.29) is 17.6 Å². The number of guanidine groups is 2. The van der Waals surface area contributed by atoms with Gasteiger partial charge in [0.1, 0.15) is 5.69 Å². The first kappa shape index (κ1) is 15.0. The van der Waals surface area contributed by atoms with Crippen molar-refractivity contribution in [3.63, 3.8) is 0 Å². The van der Waals surface area contributed by atoms with Crippen molar-refractivity contribution in [2.45, 2.75) is 0 Å². The van der Waals surface area contributed by atoms with Gasteiger partial charge in [0.05, 0.1) is 5.69 Å². The van der Waals surface area contributed by atoms with Crippen LogP contribution >= 0.6 is 0 Å². The second kappa shape index (κ2) is 6.40. The fraction of sp³-hybridized carbons (Fsp3) is 0.385. The van der Waals surface area contributed by atoms with Gasteiger partial charge in [-0.15, -0.1) is 0 Å². The molecule has 0 bridgehead atoms. The lowest BCUT2D eigenvalue weighted by Gasteiger charge is -2.34. The van der Waals surface area contributed by atoms with E-state index in [9.17, 15) is 4.39 Å². The van der Waals surface area contributed by atoms with E-state index in [1.165, 1.54) is 6.07 Å². The van der Waals surface area contributed by atoms with Crippen molar-refractivity contribution in [2.24, 2.45) is 27.2 Å². The first-order chi connectivity index (χ1) is 9.97. The lowest BCUT2D eigenvalue weighted by atomic mass is 10.2. The van der Waals surface area contributed by atoms with E-state index in [1.54, 1.807) is 6.07 Å². The number of nitrogens with zero attached hydrogens (tertiary/aromatic N) is 4. The summed E-state index contributed by atoms with van der Waals surface area (Å²) in [5.74, 6) is -0.843. The highest BCUT2D eigenvalue weighted by atomic mass is 19.1. The second-order valence-electron chi connectivity index (χ2n) is 4.90. The van der Waals surface area contributed by atoms with Gasteiger partial charge in [0, 0.05) is 26.2 Å². The molecule has 2 rings (SSSR count). The van der Waals surface area contributed by atoms with Crippen molar-refractivity contribution < 1.29 is 4.39 Å². The van der Waals surface area contributed by atoms with Crippen LogP contribution in [0.4, 0.5) is 15.8 Å². The molecule has 7 nitrogen and oxygen atoms in total. The molecule has 1 heterocycles. The van der Waals surface area contributed by atoms with E-state index < -0.39 is 5.82 Å². The lowest BCUT2D eigenvalue weighted by Crippen LogP contribution is -2.44. The Morgan fingerprint density at radius 1 is 1.14 bits per heavy atom. The van der Waals surface area contributed by atoms with Crippen molar-refractivity contribution >= 4 is 23.3 Å². The van der Waals surface area contributed by atoms with Gasteiger partial charge >= 0.3 is 0 Å². The van der Waals surface area contributed by atoms with Crippen LogP contribution in [0.3, 0.4) is 0 Å². The lowest BCUT2D eigenvalue weighted by molar-refractivity contribution is 0.313. The Labute approximate surface area is 122 Å². The molecule has 0 amide bonds. The molecule has 8 heteroatoms. The summed E-state index contributed by atoms with van der Waals surface area (Å²) in [4.78, 5) is 11.9. The monoisotopic (exact) mass is 293 g/mol. The van der Waals surface area contributed by atoms with Gasteiger partial charge in [-0.2, -0.15) is 4.99 Å². The quantitative estimate of drug-likeness (QED) is 0.516. The van der Waals surface area contributed by atoms with Crippen molar-refractivity contribution in [3.8, 4) is 0 Å². The van der Waals surface area contributed by atoms with Gasteiger partial charge in [-0.25, -0.2) is 9.38 Å². The van der Waals surface area contributed by atoms with Crippen LogP contribution in [0, 0.1) is 5.82 Å². The topological polar surface area (TPSA) is 109 Å². The minimum Gasteiger partial charge on any atom is -0.370 e. The summed E-state index contributed by atoms with van der Waals surface area (Å²) in [5, 5.41) is 0. The van der Waals surface area contributed by atoms with Crippen LogP contribution in [0.25, 0.3) is 0 Å². The van der Waals surface area contributed by atoms with Crippen molar-refractivity contribution in [3.05, 3.63) is 24.0 Å². The Hall–Kier alpha value is -2.35. The van der Waals surface area contributed by atoms with Gasteiger partial charge in [-0.3, -0.25) is 0 Å².